The molecule has 1 atom stereocenters. The Kier molecular flexibility index (Phi) is 3.95. The summed E-state index contributed by atoms with van der Waals surface area (Å²) >= 11 is 3.31. The lowest BCUT2D eigenvalue weighted by Gasteiger charge is -2.20. The van der Waals surface area contributed by atoms with Gasteiger partial charge in [0.1, 0.15) is 5.75 Å². The normalized spacial score (nSPS) is 19.2. The smallest absolute Gasteiger partial charge is 0.261 e. The van der Waals surface area contributed by atoms with Gasteiger partial charge in [-0.2, -0.15) is 0 Å². The SMILES string of the molecule is COc1cccc(C(=O)CC2(O)C(=O)Nc3cc(Br)ccc32)c1. The van der Waals surface area contributed by atoms with Crippen LogP contribution in [0, 0.1) is 0 Å². The van der Waals surface area contributed by atoms with Crippen LogP contribution >= 0.6 is 15.9 Å². The summed E-state index contributed by atoms with van der Waals surface area (Å²) in [5.41, 5.74) is -0.570. The topological polar surface area (TPSA) is 75.6 Å². The molecule has 0 saturated carbocycles. The zero-order valence-corrected chi connectivity index (χ0v) is 13.9. The number of methoxy groups -OCH3 is 1. The zero-order chi connectivity index (χ0) is 16.6. The number of Topliss-reactive ketones (excluding diaryl/α,β-unsaturated/α-hetero) is 1. The van der Waals surface area contributed by atoms with Crippen molar-refractivity contribution in [3.63, 3.8) is 0 Å². The number of halogens is 1. The van der Waals surface area contributed by atoms with Crippen LogP contribution in [-0.4, -0.2) is 23.9 Å². The van der Waals surface area contributed by atoms with E-state index in [1.165, 1.54) is 7.11 Å². The van der Waals surface area contributed by atoms with Crippen molar-refractivity contribution in [2.24, 2.45) is 0 Å². The molecular formula is C17H14BrNO4. The molecule has 1 aliphatic heterocycles. The molecule has 0 bridgehead atoms. The molecule has 1 unspecified atom stereocenters. The molecule has 5 nitrogen and oxygen atoms in total. The Morgan fingerprint density at radius 3 is 2.83 bits per heavy atom. The molecule has 3 rings (SSSR count). The molecule has 2 aromatic rings. The Bertz CT molecular complexity index is 805. The maximum Gasteiger partial charge on any atom is 0.261 e. The van der Waals surface area contributed by atoms with E-state index >= 15 is 0 Å². The van der Waals surface area contributed by atoms with Crippen molar-refractivity contribution in [3.8, 4) is 5.75 Å². The number of anilines is 1. The Morgan fingerprint density at radius 1 is 1.30 bits per heavy atom. The summed E-state index contributed by atoms with van der Waals surface area (Å²) in [5, 5.41) is 13.4. The van der Waals surface area contributed by atoms with E-state index in [9.17, 15) is 14.7 Å². The predicted octanol–water partition coefficient (Wildman–Crippen LogP) is 2.87. The number of carbonyl (C=O) groups is 2. The summed E-state index contributed by atoms with van der Waals surface area (Å²) in [4.78, 5) is 24.7. The predicted molar refractivity (Wildman–Crippen MR) is 88.6 cm³/mol. The zero-order valence-electron chi connectivity index (χ0n) is 12.3. The molecule has 0 saturated heterocycles. The number of hydrogen-bond acceptors (Lipinski definition) is 4. The van der Waals surface area contributed by atoms with Crippen LogP contribution < -0.4 is 10.1 Å². The number of ketones is 1. The highest BCUT2D eigenvalue weighted by Gasteiger charge is 2.46. The maximum atomic E-state index is 12.5. The Morgan fingerprint density at radius 2 is 2.09 bits per heavy atom. The van der Waals surface area contributed by atoms with Gasteiger partial charge in [-0.1, -0.05) is 34.1 Å². The molecule has 1 aliphatic rings. The molecule has 118 valence electrons. The average molecular weight is 376 g/mol. The summed E-state index contributed by atoms with van der Waals surface area (Å²) in [7, 11) is 1.51. The number of rotatable bonds is 4. The summed E-state index contributed by atoms with van der Waals surface area (Å²) < 4.78 is 5.87. The summed E-state index contributed by atoms with van der Waals surface area (Å²) in [6.45, 7) is 0. The van der Waals surface area contributed by atoms with Crippen LogP contribution in [0.1, 0.15) is 22.3 Å². The van der Waals surface area contributed by atoms with E-state index in [4.69, 9.17) is 4.74 Å². The maximum absolute atomic E-state index is 12.5. The molecule has 0 radical (unpaired) electrons. The van der Waals surface area contributed by atoms with E-state index in [0.29, 0.717) is 22.6 Å². The minimum absolute atomic E-state index is 0.333. The van der Waals surface area contributed by atoms with Gasteiger partial charge in [0.2, 0.25) is 0 Å². The van der Waals surface area contributed by atoms with Crippen LogP contribution in [0.2, 0.25) is 0 Å². The first kappa shape index (κ1) is 15.7. The minimum atomic E-state index is -1.86. The molecule has 1 heterocycles. The van der Waals surface area contributed by atoms with Gasteiger partial charge in [-0.05, 0) is 24.3 Å². The van der Waals surface area contributed by atoms with E-state index < -0.39 is 11.5 Å². The van der Waals surface area contributed by atoms with Crippen LogP contribution in [0.25, 0.3) is 0 Å². The molecule has 0 aliphatic carbocycles. The first-order chi connectivity index (χ1) is 10.9. The number of fused-ring (bicyclic) bond motifs is 1. The van der Waals surface area contributed by atoms with Gasteiger partial charge in [0.05, 0.1) is 13.5 Å². The van der Waals surface area contributed by atoms with Crippen LogP contribution in [0.15, 0.2) is 46.9 Å². The van der Waals surface area contributed by atoms with Gasteiger partial charge in [-0.15, -0.1) is 0 Å². The second-order valence-corrected chi connectivity index (χ2v) is 6.25. The molecule has 6 heteroatoms. The highest BCUT2D eigenvalue weighted by Crippen LogP contribution is 2.40. The van der Waals surface area contributed by atoms with E-state index in [2.05, 4.69) is 21.2 Å². The van der Waals surface area contributed by atoms with Crippen molar-refractivity contribution in [3.05, 3.63) is 58.1 Å². The summed E-state index contributed by atoms with van der Waals surface area (Å²) in [5.74, 6) is -0.387. The lowest BCUT2D eigenvalue weighted by molar-refractivity contribution is -0.133. The third-order valence-electron chi connectivity index (χ3n) is 3.86. The number of hydrogen-bond donors (Lipinski definition) is 2. The van der Waals surface area contributed by atoms with Gasteiger partial charge < -0.3 is 15.2 Å². The summed E-state index contributed by atoms with van der Waals surface area (Å²) in [6, 6.07) is 11.7. The molecule has 2 aromatic carbocycles. The second kappa shape index (κ2) is 5.79. The number of ether oxygens (including phenoxy) is 1. The fourth-order valence-corrected chi connectivity index (χ4v) is 3.00. The third-order valence-corrected chi connectivity index (χ3v) is 4.35. The Hall–Kier alpha value is -2.18. The van der Waals surface area contributed by atoms with Gasteiger partial charge in [0.15, 0.2) is 11.4 Å². The number of benzene rings is 2. The average Bonchev–Trinajstić information content (AvgIpc) is 2.77. The van der Waals surface area contributed by atoms with Gasteiger partial charge >= 0.3 is 0 Å². The van der Waals surface area contributed by atoms with Gasteiger partial charge in [0.25, 0.3) is 5.91 Å². The van der Waals surface area contributed by atoms with Crippen molar-refractivity contribution < 1.29 is 19.4 Å². The number of aliphatic hydroxyl groups is 1. The fourth-order valence-electron chi connectivity index (χ4n) is 2.63. The first-order valence-corrected chi connectivity index (χ1v) is 7.74. The largest absolute Gasteiger partial charge is 0.497 e. The van der Waals surface area contributed by atoms with Crippen LogP contribution in [0.4, 0.5) is 5.69 Å². The van der Waals surface area contributed by atoms with Gasteiger partial charge in [0, 0.05) is 21.3 Å². The Labute approximate surface area is 141 Å². The van der Waals surface area contributed by atoms with E-state index in [1.54, 1.807) is 42.5 Å². The monoisotopic (exact) mass is 375 g/mol. The van der Waals surface area contributed by atoms with Gasteiger partial charge in [-0.25, -0.2) is 0 Å². The molecule has 0 spiro atoms. The number of amides is 1. The highest BCUT2D eigenvalue weighted by molar-refractivity contribution is 9.10. The quantitative estimate of drug-likeness (QED) is 0.805. The molecule has 2 N–H and O–H groups in total. The van der Waals surface area contributed by atoms with E-state index in [0.717, 1.165) is 4.47 Å². The van der Waals surface area contributed by atoms with Crippen molar-refractivity contribution in [1.29, 1.82) is 0 Å². The molecule has 23 heavy (non-hydrogen) atoms. The second-order valence-electron chi connectivity index (χ2n) is 5.34. The summed E-state index contributed by atoms with van der Waals surface area (Å²) in [6.07, 6.45) is -0.333. The standard InChI is InChI=1S/C17H14BrNO4/c1-23-12-4-2-3-10(7-12)15(20)9-17(22)13-6-5-11(18)8-14(13)19-16(17)21/h2-8,22H,9H2,1H3,(H,19,21). The van der Waals surface area contributed by atoms with E-state index in [1.807, 2.05) is 0 Å². The van der Waals surface area contributed by atoms with Crippen LogP contribution in [-0.2, 0) is 10.4 Å². The third kappa shape index (κ3) is 2.75. The van der Waals surface area contributed by atoms with Crippen molar-refractivity contribution in [2.45, 2.75) is 12.0 Å². The number of carbonyl (C=O) groups excluding carboxylic acids is 2. The lowest BCUT2D eigenvalue weighted by atomic mass is 9.88. The number of nitrogens with one attached hydrogen (secondary N) is 1. The van der Waals surface area contributed by atoms with Crippen molar-refractivity contribution in [2.75, 3.05) is 12.4 Å². The molecule has 1 amide bonds. The van der Waals surface area contributed by atoms with Crippen molar-refractivity contribution >= 4 is 33.3 Å². The van der Waals surface area contributed by atoms with E-state index in [-0.39, 0.29) is 12.2 Å². The molecular weight excluding hydrogens is 362 g/mol. The lowest BCUT2D eigenvalue weighted by Crippen LogP contribution is -2.36. The van der Waals surface area contributed by atoms with Gasteiger partial charge in [-0.3, -0.25) is 9.59 Å². The fraction of sp³-hybridized carbons (Fsp3) is 0.176. The molecule has 0 fully saturated rings. The Balaban J connectivity index is 1.92. The minimum Gasteiger partial charge on any atom is -0.497 e. The van der Waals surface area contributed by atoms with Crippen LogP contribution in [0.3, 0.4) is 0 Å². The van der Waals surface area contributed by atoms with Crippen molar-refractivity contribution in [1.82, 2.24) is 0 Å². The molecule has 0 aromatic heterocycles. The highest BCUT2D eigenvalue weighted by atomic mass is 79.9. The van der Waals surface area contributed by atoms with Crippen LogP contribution in [0.5, 0.6) is 5.75 Å². The first-order valence-electron chi connectivity index (χ1n) is 6.95.